The van der Waals surface area contributed by atoms with Gasteiger partial charge in [0.15, 0.2) is 0 Å². The molecule has 1 aromatic carbocycles. The van der Waals surface area contributed by atoms with E-state index in [1.54, 1.807) is 18.5 Å². The minimum atomic E-state index is -0.508. The van der Waals surface area contributed by atoms with Crippen molar-refractivity contribution in [2.75, 3.05) is 6.54 Å². The van der Waals surface area contributed by atoms with Crippen molar-refractivity contribution in [2.45, 2.75) is 18.9 Å². The summed E-state index contributed by atoms with van der Waals surface area (Å²) in [6.45, 7) is 0.655. The molecule has 27 heavy (non-hydrogen) atoms. The van der Waals surface area contributed by atoms with E-state index in [9.17, 15) is 9.59 Å². The van der Waals surface area contributed by atoms with Crippen molar-refractivity contribution in [1.29, 1.82) is 0 Å². The number of nitrogens with one attached hydrogen (secondary N) is 2. The van der Waals surface area contributed by atoms with E-state index in [-0.39, 0.29) is 11.8 Å². The number of piperidine rings is 1. The van der Waals surface area contributed by atoms with Gasteiger partial charge < -0.3 is 10.6 Å². The van der Waals surface area contributed by atoms with Crippen LogP contribution in [0.1, 0.15) is 23.2 Å². The summed E-state index contributed by atoms with van der Waals surface area (Å²) in [5.41, 5.74) is 2.77. The zero-order valence-corrected chi connectivity index (χ0v) is 16.0. The summed E-state index contributed by atoms with van der Waals surface area (Å²) < 4.78 is 0.859. The summed E-state index contributed by atoms with van der Waals surface area (Å²) in [6, 6.07) is 10.6. The molecule has 0 aliphatic carbocycles. The number of amides is 2. The highest BCUT2D eigenvalue weighted by Crippen LogP contribution is 2.27. The lowest BCUT2D eigenvalue weighted by Crippen LogP contribution is -2.50. The van der Waals surface area contributed by atoms with Crippen LogP contribution in [0.3, 0.4) is 0 Å². The zero-order chi connectivity index (χ0) is 18.8. The van der Waals surface area contributed by atoms with Crippen LogP contribution in [-0.4, -0.2) is 34.4 Å². The van der Waals surface area contributed by atoms with Crippen LogP contribution in [0.5, 0.6) is 0 Å². The van der Waals surface area contributed by atoms with E-state index in [0.717, 1.165) is 21.8 Å². The van der Waals surface area contributed by atoms with Crippen molar-refractivity contribution in [3.63, 3.8) is 0 Å². The van der Waals surface area contributed by atoms with Gasteiger partial charge in [0, 0.05) is 34.4 Å². The number of carbonyl (C=O) groups is 2. The van der Waals surface area contributed by atoms with E-state index in [1.807, 2.05) is 30.3 Å². The second kappa shape index (κ2) is 7.44. The van der Waals surface area contributed by atoms with Crippen LogP contribution in [0.25, 0.3) is 22.2 Å². The maximum absolute atomic E-state index is 13.0. The monoisotopic (exact) mass is 424 g/mol. The minimum Gasteiger partial charge on any atom is -0.354 e. The second-order valence-corrected chi connectivity index (χ2v) is 7.33. The first-order chi connectivity index (χ1) is 13.1. The molecule has 7 heteroatoms. The molecule has 1 fully saturated rings. The summed E-state index contributed by atoms with van der Waals surface area (Å²) >= 11 is 3.46. The molecule has 4 rings (SSSR count). The van der Waals surface area contributed by atoms with Crippen LogP contribution in [0.4, 0.5) is 0 Å². The molecule has 136 valence electrons. The fourth-order valence-corrected chi connectivity index (χ4v) is 3.56. The van der Waals surface area contributed by atoms with E-state index in [0.29, 0.717) is 29.7 Å². The second-order valence-electron chi connectivity index (χ2n) is 6.41. The van der Waals surface area contributed by atoms with Crippen LogP contribution in [0, 0.1) is 0 Å². The number of hydrogen-bond donors (Lipinski definition) is 2. The number of aromatic nitrogens is 2. The first kappa shape index (κ1) is 17.6. The standard InChI is InChI=1S/C20H17BrN4O2/c21-13-3-4-16-14(10-13)15(11-18(24-16)12-5-8-22-9-6-12)19(26)25-17-2-1-7-23-20(17)27/h3-6,8-11,17H,1-2,7H2,(H,23,27)(H,25,26). The number of nitrogens with zero attached hydrogens (tertiary/aromatic N) is 2. The van der Waals surface area contributed by atoms with Gasteiger partial charge in [0.25, 0.3) is 5.91 Å². The summed E-state index contributed by atoms with van der Waals surface area (Å²) in [6.07, 6.45) is 4.87. The Hall–Kier alpha value is -2.80. The molecule has 2 amide bonds. The highest BCUT2D eigenvalue weighted by Gasteiger charge is 2.25. The summed E-state index contributed by atoms with van der Waals surface area (Å²) in [4.78, 5) is 33.7. The molecule has 2 aromatic heterocycles. The molecule has 2 N–H and O–H groups in total. The van der Waals surface area contributed by atoms with Gasteiger partial charge in [-0.2, -0.15) is 0 Å². The number of pyridine rings is 2. The van der Waals surface area contributed by atoms with Crippen molar-refractivity contribution >= 4 is 38.6 Å². The molecule has 6 nitrogen and oxygen atoms in total. The van der Waals surface area contributed by atoms with Crippen molar-refractivity contribution in [3.8, 4) is 11.3 Å². The molecular weight excluding hydrogens is 408 g/mol. The zero-order valence-electron chi connectivity index (χ0n) is 14.4. The third-order valence-corrected chi connectivity index (χ3v) is 5.08. The predicted molar refractivity (Wildman–Crippen MR) is 106 cm³/mol. The number of rotatable bonds is 3. The van der Waals surface area contributed by atoms with E-state index < -0.39 is 6.04 Å². The Labute approximate surface area is 164 Å². The van der Waals surface area contributed by atoms with Crippen LogP contribution in [0.15, 0.2) is 53.3 Å². The Balaban J connectivity index is 1.78. The van der Waals surface area contributed by atoms with Gasteiger partial charge in [-0.05, 0) is 49.2 Å². The molecule has 3 heterocycles. The quantitative estimate of drug-likeness (QED) is 0.676. The summed E-state index contributed by atoms with van der Waals surface area (Å²) in [7, 11) is 0. The van der Waals surface area contributed by atoms with Crippen molar-refractivity contribution < 1.29 is 9.59 Å². The lowest BCUT2D eigenvalue weighted by atomic mass is 10.0. The van der Waals surface area contributed by atoms with Gasteiger partial charge in [0.05, 0.1) is 16.8 Å². The molecule has 3 aromatic rings. The van der Waals surface area contributed by atoms with Crippen LogP contribution in [-0.2, 0) is 4.79 Å². The van der Waals surface area contributed by atoms with Gasteiger partial charge >= 0.3 is 0 Å². The maximum Gasteiger partial charge on any atom is 0.252 e. The molecule has 1 atom stereocenters. The normalized spacial score (nSPS) is 16.8. The average molecular weight is 425 g/mol. The van der Waals surface area contributed by atoms with Gasteiger partial charge in [-0.15, -0.1) is 0 Å². The number of carbonyl (C=O) groups excluding carboxylic acids is 2. The lowest BCUT2D eigenvalue weighted by Gasteiger charge is -2.23. The fraction of sp³-hybridized carbons (Fsp3) is 0.200. The fourth-order valence-electron chi connectivity index (χ4n) is 3.20. The van der Waals surface area contributed by atoms with Crippen molar-refractivity contribution in [2.24, 2.45) is 0 Å². The van der Waals surface area contributed by atoms with Crippen molar-refractivity contribution in [3.05, 3.63) is 58.8 Å². The van der Waals surface area contributed by atoms with Crippen LogP contribution in [0.2, 0.25) is 0 Å². The van der Waals surface area contributed by atoms with E-state index >= 15 is 0 Å². The maximum atomic E-state index is 13.0. The van der Waals surface area contributed by atoms with Gasteiger partial charge in [0.1, 0.15) is 6.04 Å². The van der Waals surface area contributed by atoms with Crippen LogP contribution < -0.4 is 10.6 Å². The van der Waals surface area contributed by atoms with Gasteiger partial charge in [-0.3, -0.25) is 14.6 Å². The molecule has 1 aliphatic heterocycles. The first-order valence-electron chi connectivity index (χ1n) is 8.71. The van der Waals surface area contributed by atoms with E-state index in [4.69, 9.17) is 0 Å². The molecule has 0 radical (unpaired) electrons. The van der Waals surface area contributed by atoms with Gasteiger partial charge in [-0.25, -0.2) is 4.98 Å². The summed E-state index contributed by atoms with van der Waals surface area (Å²) in [5, 5.41) is 6.39. The van der Waals surface area contributed by atoms with Gasteiger partial charge in [0.2, 0.25) is 5.91 Å². The number of fused-ring (bicyclic) bond motifs is 1. The Morgan fingerprint density at radius 2 is 2.00 bits per heavy atom. The molecule has 1 unspecified atom stereocenters. The topological polar surface area (TPSA) is 84.0 Å². The molecule has 1 saturated heterocycles. The molecule has 0 spiro atoms. The Kier molecular flexibility index (Phi) is 4.85. The SMILES string of the molecule is O=C(NC1CCCNC1=O)c1cc(-c2ccncc2)nc2ccc(Br)cc12. The molecular formula is C20H17BrN4O2. The summed E-state index contributed by atoms with van der Waals surface area (Å²) in [5.74, 6) is -0.415. The van der Waals surface area contributed by atoms with E-state index in [2.05, 4.69) is 36.5 Å². The largest absolute Gasteiger partial charge is 0.354 e. The van der Waals surface area contributed by atoms with Crippen molar-refractivity contribution in [1.82, 2.24) is 20.6 Å². The lowest BCUT2D eigenvalue weighted by molar-refractivity contribution is -0.124. The Bertz CT molecular complexity index is 1020. The van der Waals surface area contributed by atoms with E-state index in [1.165, 1.54) is 0 Å². The van der Waals surface area contributed by atoms with Gasteiger partial charge in [-0.1, -0.05) is 15.9 Å². The Morgan fingerprint density at radius 3 is 2.78 bits per heavy atom. The molecule has 0 saturated carbocycles. The third-order valence-electron chi connectivity index (χ3n) is 4.58. The number of hydrogen-bond acceptors (Lipinski definition) is 4. The average Bonchev–Trinajstić information content (AvgIpc) is 2.69. The highest BCUT2D eigenvalue weighted by atomic mass is 79.9. The number of halogens is 1. The predicted octanol–water partition coefficient (Wildman–Crippen LogP) is 3.07. The smallest absolute Gasteiger partial charge is 0.252 e. The first-order valence-corrected chi connectivity index (χ1v) is 9.50. The molecule has 1 aliphatic rings. The Morgan fingerprint density at radius 1 is 1.19 bits per heavy atom. The third kappa shape index (κ3) is 3.68. The minimum absolute atomic E-state index is 0.136. The number of benzene rings is 1. The molecule has 0 bridgehead atoms. The van der Waals surface area contributed by atoms with Crippen LogP contribution >= 0.6 is 15.9 Å². The highest BCUT2D eigenvalue weighted by molar-refractivity contribution is 9.10.